The van der Waals surface area contributed by atoms with Crippen LogP contribution in [0.2, 0.25) is 0 Å². The first-order chi connectivity index (χ1) is 14.4. The Morgan fingerprint density at radius 2 is 1.83 bits per heavy atom. The molecule has 4 aliphatic rings. The number of aromatic nitrogens is 1. The first-order valence-electron chi connectivity index (χ1n) is 9.41. The van der Waals surface area contributed by atoms with Crippen LogP contribution in [-0.4, -0.2) is 46.9 Å². The third-order valence-corrected chi connectivity index (χ3v) is 6.45. The van der Waals surface area contributed by atoms with Crippen molar-refractivity contribution >= 4 is 23.3 Å². The van der Waals surface area contributed by atoms with Gasteiger partial charge in [-0.2, -0.15) is 0 Å². The summed E-state index contributed by atoms with van der Waals surface area (Å²) in [7, 11) is 0. The molecule has 2 aromatic rings. The minimum Gasteiger partial charge on any atom is -0.456 e. The van der Waals surface area contributed by atoms with E-state index in [0.717, 1.165) is 42.4 Å². The molecule has 0 N–H and O–H groups in total. The van der Waals surface area contributed by atoms with Crippen LogP contribution in [0, 0.1) is 17.6 Å². The molecule has 30 heavy (non-hydrogen) atoms. The summed E-state index contributed by atoms with van der Waals surface area (Å²) in [4.78, 5) is 30.7. The highest BCUT2D eigenvalue weighted by Gasteiger charge is 2.62. The number of halogens is 2. The van der Waals surface area contributed by atoms with E-state index in [4.69, 9.17) is 14.2 Å². The molecule has 0 radical (unpaired) electrons. The average Bonchev–Trinajstić information content (AvgIpc) is 3.12. The number of nitrogens with zero attached hydrogens (tertiary/aromatic N) is 2. The number of hydrogen-bond acceptors (Lipinski definition) is 8. The molecular formula is C20H16F2N2O5S. The molecule has 2 bridgehead atoms. The van der Waals surface area contributed by atoms with Crippen molar-refractivity contribution in [2.75, 3.05) is 13.1 Å². The maximum Gasteiger partial charge on any atom is 0.359 e. The first kappa shape index (κ1) is 19.1. The zero-order chi connectivity index (χ0) is 20.9. The Morgan fingerprint density at radius 3 is 2.50 bits per heavy atom. The van der Waals surface area contributed by atoms with E-state index in [1.165, 1.54) is 18.3 Å². The smallest absolute Gasteiger partial charge is 0.359 e. The lowest BCUT2D eigenvalue weighted by molar-refractivity contribution is -0.348. The molecule has 1 aromatic carbocycles. The van der Waals surface area contributed by atoms with Gasteiger partial charge in [0.2, 0.25) is 0 Å². The molecular weight excluding hydrogens is 418 g/mol. The molecule has 0 aliphatic carbocycles. The van der Waals surface area contributed by atoms with Crippen LogP contribution in [0.4, 0.5) is 8.78 Å². The molecule has 0 amide bonds. The first-order valence-corrected chi connectivity index (χ1v) is 10.2. The highest BCUT2D eigenvalue weighted by atomic mass is 32.1. The Balaban J connectivity index is 1.46. The second-order valence-electron chi connectivity index (χ2n) is 7.28. The SMILES string of the molecule is O=C1C=CC(=O)OC2(O1)C(Oc1ncc(-c3ccc(F)cc3F)s1)C1CCN2CC1. The topological polar surface area (TPSA) is 78.0 Å². The summed E-state index contributed by atoms with van der Waals surface area (Å²) in [6.45, 7) is 1.18. The maximum atomic E-state index is 14.1. The van der Waals surface area contributed by atoms with Crippen molar-refractivity contribution in [1.29, 1.82) is 0 Å². The van der Waals surface area contributed by atoms with Gasteiger partial charge < -0.3 is 14.2 Å². The minimum absolute atomic E-state index is 0.0244. The van der Waals surface area contributed by atoms with E-state index in [-0.39, 0.29) is 16.7 Å². The lowest BCUT2D eigenvalue weighted by Gasteiger charge is -2.54. The number of carbonyl (C=O) groups is 2. The fraction of sp³-hybridized carbons (Fsp3) is 0.350. The van der Waals surface area contributed by atoms with E-state index in [1.807, 2.05) is 0 Å². The monoisotopic (exact) mass is 434 g/mol. The molecule has 1 spiro atoms. The van der Waals surface area contributed by atoms with Gasteiger partial charge in [-0.05, 0) is 25.0 Å². The number of esters is 2. The lowest BCUT2D eigenvalue weighted by atomic mass is 9.82. The lowest BCUT2D eigenvalue weighted by Crippen LogP contribution is -2.71. The number of piperidine rings is 3. The quantitative estimate of drug-likeness (QED) is 0.688. The Labute approximate surface area is 173 Å². The number of benzene rings is 1. The molecule has 3 saturated heterocycles. The molecule has 5 heterocycles. The fourth-order valence-electron chi connectivity index (χ4n) is 4.16. The van der Waals surface area contributed by atoms with Crippen LogP contribution < -0.4 is 4.74 Å². The number of carbonyl (C=O) groups excluding carboxylic acids is 2. The summed E-state index contributed by atoms with van der Waals surface area (Å²) in [5.74, 6) is -4.47. The number of rotatable bonds is 3. The van der Waals surface area contributed by atoms with Gasteiger partial charge in [-0.25, -0.2) is 28.3 Å². The highest BCUT2D eigenvalue weighted by Crippen LogP contribution is 2.45. The largest absolute Gasteiger partial charge is 0.456 e. The van der Waals surface area contributed by atoms with Gasteiger partial charge in [0.1, 0.15) is 11.6 Å². The van der Waals surface area contributed by atoms with Crippen molar-refractivity contribution < 1.29 is 32.6 Å². The fourth-order valence-corrected chi connectivity index (χ4v) is 4.98. The predicted molar refractivity (Wildman–Crippen MR) is 100 cm³/mol. The Hall–Kier alpha value is -2.85. The maximum absolute atomic E-state index is 14.1. The minimum atomic E-state index is -1.67. The molecule has 1 aromatic heterocycles. The van der Waals surface area contributed by atoms with Crippen LogP contribution >= 0.6 is 11.3 Å². The Kier molecular flexibility index (Phi) is 4.55. The third-order valence-electron chi connectivity index (χ3n) is 5.53. The standard InChI is InChI=1S/C20H16F2N2O5S/c21-12-1-2-13(14(22)9-12)15-10-23-19(30-15)27-18-11-5-7-24(8-6-11)20(18)28-16(25)3-4-17(26)29-20/h1-4,9-11,18H,5-8H2. The highest BCUT2D eigenvalue weighted by molar-refractivity contribution is 7.16. The predicted octanol–water partition coefficient (Wildman–Crippen LogP) is 2.87. The molecule has 7 nitrogen and oxygen atoms in total. The van der Waals surface area contributed by atoms with Gasteiger partial charge in [-0.1, -0.05) is 11.3 Å². The molecule has 156 valence electrons. The van der Waals surface area contributed by atoms with Crippen molar-refractivity contribution in [3.63, 3.8) is 0 Å². The molecule has 3 fully saturated rings. The van der Waals surface area contributed by atoms with Gasteiger partial charge in [0.15, 0.2) is 6.10 Å². The van der Waals surface area contributed by atoms with Crippen LogP contribution in [0.3, 0.4) is 0 Å². The zero-order valence-electron chi connectivity index (χ0n) is 15.5. The van der Waals surface area contributed by atoms with Crippen molar-refractivity contribution in [3.05, 3.63) is 48.2 Å². The molecule has 6 rings (SSSR count). The van der Waals surface area contributed by atoms with Crippen LogP contribution in [0.15, 0.2) is 36.5 Å². The second kappa shape index (κ2) is 7.13. The summed E-state index contributed by atoms with van der Waals surface area (Å²) >= 11 is 1.07. The van der Waals surface area contributed by atoms with Gasteiger partial charge in [-0.15, -0.1) is 0 Å². The summed E-state index contributed by atoms with van der Waals surface area (Å²) in [5, 5.41) is 0.205. The van der Waals surface area contributed by atoms with Crippen molar-refractivity contribution in [2.45, 2.75) is 24.9 Å². The number of ether oxygens (including phenoxy) is 3. The van der Waals surface area contributed by atoms with Crippen LogP contribution in [-0.2, 0) is 19.1 Å². The van der Waals surface area contributed by atoms with E-state index in [0.29, 0.717) is 18.0 Å². The van der Waals surface area contributed by atoms with Crippen LogP contribution in [0.25, 0.3) is 10.4 Å². The zero-order valence-corrected chi connectivity index (χ0v) is 16.4. The summed E-state index contributed by atoms with van der Waals surface area (Å²) in [6, 6.07) is 3.30. The van der Waals surface area contributed by atoms with E-state index < -0.39 is 35.6 Å². The Bertz CT molecular complexity index is 1030. The summed E-state index contributed by atoms with van der Waals surface area (Å²) in [5.41, 5.74) is 0.198. The average molecular weight is 434 g/mol. The van der Waals surface area contributed by atoms with Crippen molar-refractivity contribution in [1.82, 2.24) is 9.88 Å². The van der Waals surface area contributed by atoms with E-state index in [2.05, 4.69) is 4.98 Å². The van der Waals surface area contributed by atoms with E-state index in [9.17, 15) is 18.4 Å². The van der Waals surface area contributed by atoms with E-state index in [1.54, 1.807) is 4.90 Å². The molecule has 1 atom stereocenters. The number of fused-ring (bicyclic) bond motifs is 2. The van der Waals surface area contributed by atoms with Crippen molar-refractivity contribution in [2.24, 2.45) is 5.92 Å². The Morgan fingerprint density at radius 1 is 1.13 bits per heavy atom. The van der Waals surface area contributed by atoms with E-state index >= 15 is 0 Å². The molecule has 10 heteroatoms. The van der Waals surface area contributed by atoms with Crippen LogP contribution in [0.5, 0.6) is 5.19 Å². The number of thiazole rings is 1. The van der Waals surface area contributed by atoms with Gasteiger partial charge in [0, 0.05) is 49.0 Å². The summed E-state index contributed by atoms with van der Waals surface area (Å²) in [6.07, 6.45) is 4.24. The van der Waals surface area contributed by atoms with Gasteiger partial charge >= 0.3 is 17.8 Å². The number of hydrogen-bond donors (Lipinski definition) is 0. The molecule has 4 aliphatic heterocycles. The van der Waals surface area contributed by atoms with Gasteiger partial charge in [-0.3, -0.25) is 0 Å². The normalized spacial score (nSPS) is 26.9. The molecule has 0 saturated carbocycles. The van der Waals surface area contributed by atoms with Crippen LogP contribution in [0.1, 0.15) is 12.8 Å². The van der Waals surface area contributed by atoms with Crippen molar-refractivity contribution in [3.8, 4) is 15.6 Å². The van der Waals surface area contributed by atoms with Gasteiger partial charge in [0.25, 0.3) is 5.19 Å². The third kappa shape index (κ3) is 3.16. The summed E-state index contributed by atoms with van der Waals surface area (Å²) < 4.78 is 44.5. The molecule has 1 unspecified atom stereocenters. The second-order valence-corrected chi connectivity index (χ2v) is 8.28. The van der Waals surface area contributed by atoms with Gasteiger partial charge in [0.05, 0.1) is 4.88 Å².